The standard InChI is InChI=1S/2C9H22O3Si.H3N.4H2S/c2*1-5-9-13(10-6-2,11-7-3)12-8-4;;;;;/h2*5-9H2,1-4H3;1H3;4*1H2. The van der Waals surface area contributed by atoms with Crippen LogP contribution in [0.25, 0.3) is 0 Å². The van der Waals surface area contributed by atoms with Crippen LogP contribution in [0.3, 0.4) is 0 Å². The van der Waals surface area contributed by atoms with Crippen LogP contribution in [-0.2, 0) is 26.6 Å². The molecule has 0 rings (SSSR count). The molecule has 200 valence electrons. The summed E-state index contributed by atoms with van der Waals surface area (Å²) in [7, 11) is -4.59. The average molecular weight is 566 g/mol. The summed E-state index contributed by atoms with van der Waals surface area (Å²) in [5.74, 6) is 0. The Balaban J connectivity index is -0.0000000640. The van der Waals surface area contributed by atoms with Gasteiger partial charge in [0.25, 0.3) is 0 Å². The predicted molar refractivity (Wildman–Crippen MR) is 158 cm³/mol. The average Bonchev–Trinajstić information content (AvgIpc) is 2.57. The van der Waals surface area contributed by atoms with E-state index in [2.05, 4.69) is 13.8 Å². The minimum atomic E-state index is -2.30. The van der Waals surface area contributed by atoms with Crippen LogP contribution >= 0.6 is 54.0 Å². The Hall–Kier alpha value is 1.55. The molecule has 0 bridgehead atoms. The van der Waals surface area contributed by atoms with Crippen LogP contribution < -0.4 is 6.15 Å². The maximum Gasteiger partial charge on any atom is 0.500 e. The molecule has 0 aromatic rings. The molecule has 31 heavy (non-hydrogen) atoms. The van der Waals surface area contributed by atoms with Gasteiger partial charge < -0.3 is 32.7 Å². The number of hydrogen-bond acceptors (Lipinski definition) is 7. The van der Waals surface area contributed by atoms with Crippen molar-refractivity contribution in [1.82, 2.24) is 6.15 Å². The molecule has 0 atom stereocenters. The van der Waals surface area contributed by atoms with Crippen LogP contribution in [-0.4, -0.2) is 57.3 Å². The highest BCUT2D eigenvalue weighted by Crippen LogP contribution is 2.18. The molecule has 0 radical (unpaired) electrons. The normalized spacial score (nSPS) is 10.1. The van der Waals surface area contributed by atoms with E-state index in [0.717, 1.165) is 24.9 Å². The van der Waals surface area contributed by atoms with Gasteiger partial charge in [0.15, 0.2) is 0 Å². The Bertz CT molecular complexity index is 231. The molecule has 0 saturated heterocycles. The largest absolute Gasteiger partial charge is 0.500 e. The summed E-state index contributed by atoms with van der Waals surface area (Å²) in [4.78, 5) is 0. The van der Waals surface area contributed by atoms with Gasteiger partial charge in [0.2, 0.25) is 0 Å². The predicted octanol–water partition coefficient (Wildman–Crippen LogP) is 5.50. The van der Waals surface area contributed by atoms with Gasteiger partial charge >= 0.3 is 17.6 Å². The summed E-state index contributed by atoms with van der Waals surface area (Å²) in [6, 6.07) is 1.84. The molecule has 0 aliphatic heterocycles. The Morgan fingerprint density at radius 2 is 0.548 bits per heavy atom. The zero-order chi connectivity index (χ0) is 20.3. The van der Waals surface area contributed by atoms with E-state index in [-0.39, 0.29) is 60.1 Å². The Labute approximate surface area is 223 Å². The molecule has 3 N–H and O–H groups in total. The van der Waals surface area contributed by atoms with Gasteiger partial charge in [-0.05, 0) is 41.5 Å². The minimum absolute atomic E-state index is 0. The summed E-state index contributed by atoms with van der Waals surface area (Å²) in [6.07, 6.45) is 2.10. The third kappa shape index (κ3) is 24.5. The summed E-state index contributed by atoms with van der Waals surface area (Å²) in [5.41, 5.74) is 0. The third-order valence-corrected chi connectivity index (χ3v) is 9.89. The number of hydrogen-bond donors (Lipinski definition) is 1. The molecule has 0 amide bonds. The smallest absolute Gasteiger partial charge is 0.374 e. The van der Waals surface area contributed by atoms with Crippen molar-refractivity contribution in [3.8, 4) is 0 Å². The van der Waals surface area contributed by atoms with Crippen LogP contribution in [0.15, 0.2) is 0 Å². The molecular weight excluding hydrogens is 511 g/mol. The Morgan fingerprint density at radius 1 is 0.387 bits per heavy atom. The van der Waals surface area contributed by atoms with Crippen molar-refractivity contribution in [3.05, 3.63) is 0 Å². The highest BCUT2D eigenvalue weighted by Gasteiger charge is 2.39. The van der Waals surface area contributed by atoms with Crippen molar-refractivity contribution in [2.24, 2.45) is 0 Å². The quantitative estimate of drug-likeness (QED) is 0.247. The fraction of sp³-hybridized carbons (Fsp3) is 1.00. The van der Waals surface area contributed by atoms with Crippen molar-refractivity contribution in [1.29, 1.82) is 0 Å². The number of rotatable bonds is 16. The van der Waals surface area contributed by atoms with Crippen molar-refractivity contribution in [3.63, 3.8) is 0 Å². The van der Waals surface area contributed by atoms with E-state index in [1.807, 2.05) is 41.5 Å². The van der Waals surface area contributed by atoms with Gasteiger partial charge in [-0.3, -0.25) is 0 Å². The van der Waals surface area contributed by atoms with Crippen LogP contribution in [0.1, 0.15) is 68.2 Å². The second kappa shape index (κ2) is 33.7. The molecule has 0 fully saturated rings. The molecule has 0 aromatic heterocycles. The highest BCUT2D eigenvalue weighted by atomic mass is 32.1. The second-order valence-electron chi connectivity index (χ2n) is 5.46. The van der Waals surface area contributed by atoms with Crippen LogP contribution in [0.5, 0.6) is 0 Å². The van der Waals surface area contributed by atoms with E-state index in [9.17, 15) is 0 Å². The van der Waals surface area contributed by atoms with E-state index in [4.69, 9.17) is 26.6 Å². The molecule has 0 aliphatic rings. The Kier molecular flexibility index (Phi) is 54.0. The summed E-state index contributed by atoms with van der Waals surface area (Å²) in [5, 5.41) is 0. The fourth-order valence-electron chi connectivity index (χ4n) is 2.61. The molecule has 0 heterocycles. The van der Waals surface area contributed by atoms with Crippen molar-refractivity contribution < 1.29 is 26.6 Å². The van der Waals surface area contributed by atoms with Crippen LogP contribution in [0.4, 0.5) is 0 Å². The van der Waals surface area contributed by atoms with E-state index in [1.54, 1.807) is 0 Å². The van der Waals surface area contributed by atoms with Gasteiger partial charge in [0.05, 0.1) is 0 Å². The molecular formula is C18H55NO6S4Si2. The maximum atomic E-state index is 5.65. The topological polar surface area (TPSA) is 90.4 Å². The zero-order valence-electron chi connectivity index (χ0n) is 21.2. The van der Waals surface area contributed by atoms with Crippen molar-refractivity contribution >= 4 is 71.6 Å². The van der Waals surface area contributed by atoms with Gasteiger partial charge in [-0.15, -0.1) is 0 Å². The van der Waals surface area contributed by atoms with Crippen LogP contribution in [0.2, 0.25) is 12.1 Å². The molecule has 0 unspecified atom stereocenters. The zero-order valence-corrected chi connectivity index (χ0v) is 27.2. The van der Waals surface area contributed by atoms with E-state index in [0.29, 0.717) is 39.6 Å². The monoisotopic (exact) mass is 565 g/mol. The van der Waals surface area contributed by atoms with Gasteiger partial charge in [-0.1, -0.05) is 26.7 Å². The van der Waals surface area contributed by atoms with Gasteiger partial charge in [-0.2, -0.15) is 54.0 Å². The first-order valence-electron chi connectivity index (χ1n) is 10.3. The van der Waals surface area contributed by atoms with Crippen LogP contribution in [0, 0.1) is 0 Å². The van der Waals surface area contributed by atoms with Crippen molar-refractivity contribution in [2.45, 2.75) is 80.3 Å². The lowest BCUT2D eigenvalue weighted by Crippen LogP contribution is -2.45. The lowest BCUT2D eigenvalue weighted by molar-refractivity contribution is 0.0703. The fourth-order valence-corrected chi connectivity index (χ4v) is 7.84. The highest BCUT2D eigenvalue weighted by molar-refractivity contribution is 7.59. The lowest BCUT2D eigenvalue weighted by Gasteiger charge is -2.27. The first-order chi connectivity index (χ1) is 12.5. The van der Waals surface area contributed by atoms with E-state index < -0.39 is 17.6 Å². The minimum Gasteiger partial charge on any atom is -0.374 e. The maximum absolute atomic E-state index is 5.65. The molecule has 0 aromatic carbocycles. The van der Waals surface area contributed by atoms with Crippen molar-refractivity contribution in [2.75, 3.05) is 39.6 Å². The molecule has 13 heteroatoms. The van der Waals surface area contributed by atoms with Gasteiger partial charge in [0, 0.05) is 51.7 Å². The lowest BCUT2D eigenvalue weighted by atomic mass is 10.6. The summed E-state index contributed by atoms with van der Waals surface area (Å²) in [6.45, 7) is 20.2. The van der Waals surface area contributed by atoms with Gasteiger partial charge in [-0.25, -0.2) is 0 Å². The third-order valence-electron chi connectivity index (χ3n) is 3.30. The molecule has 0 aliphatic carbocycles. The van der Waals surface area contributed by atoms with Gasteiger partial charge in [0.1, 0.15) is 0 Å². The summed E-state index contributed by atoms with van der Waals surface area (Å²) < 4.78 is 33.9. The Morgan fingerprint density at radius 3 is 0.645 bits per heavy atom. The van der Waals surface area contributed by atoms with E-state index >= 15 is 0 Å². The molecule has 7 nitrogen and oxygen atoms in total. The first-order valence-corrected chi connectivity index (χ1v) is 14.2. The second-order valence-corrected chi connectivity index (χ2v) is 10.9. The molecule has 0 saturated carbocycles. The van der Waals surface area contributed by atoms with E-state index in [1.165, 1.54) is 0 Å². The summed E-state index contributed by atoms with van der Waals surface area (Å²) >= 11 is 0. The SMILES string of the molecule is CCC[Si](OCC)(OCC)OCC.CCC[Si](OCC)(OCC)OCC.N.S.S.S.S. The first kappa shape index (κ1) is 49.6. The molecule has 0 spiro atoms.